The molecule has 1 aliphatic carbocycles. The summed E-state index contributed by atoms with van der Waals surface area (Å²) >= 11 is 5.94. The van der Waals surface area contributed by atoms with E-state index in [2.05, 4.69) is 5.32 Å². The Balaban J connectivity index is 1.78. The third-order valence-corrected chi connectivity index (χ3v) is 4.58. The van der Waals surface area contributed by atoms with Crippen molar-refractivity contribution < 1.29 is 14.6 Å². The molecule has 0 aliphatic heterocycles. The Kier molecular flexibility index (Phi) is 5.48. The van der Waals surface area contributed by atoms with Gasteiger partial charge in [-0.25, -0.2) is 0 Å². The monoisotopic (exact) mass is 311 g/mol. The lowest BCUT2D eigenvalue weighted by Crippen LogP contribution is -2.40. The highest BCUT2D eigenvalue weighted by Crippen LogP contribution is 2.36. The molecule has 4 nitrogen and oxygen atoms in total. The third-order valence-electron chi connectivity index (χ3n) is 4.16. The van der Waals surface area contributed by atoms with E-state index >= 15 is 0 Å². The van der Waals surface area contributed by atoms with Crippen LogP contribution in [0.25, 0.3) is 0 Å². The van der Waals surface area contributed by atoms with Gasteiger partial charge < -0.3 is 15.2 Å². The number of halogens is 1. The highest BCUT2D eigenvalue weighted by atomic mass is 35.5. The summed E-state index contributed by atoms with van der Waals surface area (Å²) in [7, 11) is 0. The number of carbonyl (C=O) groups is 1. The second-order valence-electron chi connectivity index (χ2n) is 5.84. The number of amides is 1. The molecule has 0 bridgehead atoms. The fraction of sp³-hybridized carbons (Fsp3) is 0.562. The molecule has 0 radical (unpaired) electrons. The van der Waals surface area contributed by atoms with Crippen LogP contribution in [0.4, 0.5) is 0 Å². The summed E-state index contributed by atoms with van der Waals surface area (Å²) in [4.78, 5) is 11.8. The van der Waals surface area contributed by atoms with E-state index in [1.807, 2.05) is 13.0 Å². The van der Waals surface area contributed by atoms with Crippen molar-refractivity contribution in [2.75, 3.05) is 19.8 Å². The van der Waals surface area contributed by atoms with Gasteiger partial charge in [-0.3, -0.25) is 4.79 Å². The molecular weight excluding hydrogens is 290 g/mol. The minimum atomic E-state index is -0.165. The fourth-order valence-corrected chi connectivity index (χ4v) is 2.83. The van der Waals surface area contributed by atoms with Gasteiger partial charge in [0, 0.05) is 17.0 Å². The average Bonchev–Trinajstić information content (AvgIpc) is 2.96. The molecule has 0 aromatic heterocycles. The molecule has 2 N–H and O–H groups in total. The van der Waals surface area contributed by atoms with Crippen LogP contribution < -0.4 is 10.1 Å². The summed E-state index contributed by atoms with van der Waals surface area (Å²) in [6, 6.07) is 5.31. The second-order valence-corrected chi connectivity index (χ2v) is 6.25. The van der Waals surface area contributed by atoms with Gasteiger partial charge in [-0.2, -0.15) is 0 Å². The molecule has 1 amide bonds. The summed E-state index contributed by atoms with van der Waals surface area (Å²) in [5, 5.41) is 13.0. The second kappa shape index (κ2) is 7.14. The summed E-state index contributed by atoms with van der Waals surface area (Å²) < 4.78 is 5.45. The van der Waals surface area contributed by atoms with Gasteiger partial charge in [0.2, 0.25) is 0 Å². The molecule has 5 heteroatoms. The topological polar surface area (TPSA) is 58.6 Å². The number of hydrogen-bond acceptors (Lipinski definition) is 3. The molecule has 116 valence electrons. The summed E-state index contributed by atoms with van der Waals surface area (Å²) in [6.07, 6.45) is 4.19. The number of rotatable bonds is 6. The van der Waals surface area contributed by atoms with Crippen molar-refractivity contribution in [1.82, 2.24) is 5.32 Å². The first-order chi connectivity index (χ1) is 10.0. The Morgan fingerprint density at radius 3 is 2.76 bits per heavy atom. The predicted molar refractivity (Wildman–Crippen MR) is 82.7 cm³/mol. The Bertz CT molecular complexity index is 498. The number of carbonyl (C=O) groups excluding carboxylic acids is 1. The number of aryl methyl sites for hydroxylation is 1. The van der Waals surface area contributed by atoms with E-state index in [-0.39, 0.29) is 24.5 Å². The van der Waals surface area contributed by atoms with Crippen LogP contribution in [-0.2, 0) is 4.79 Å². The van der Waals surface area contributed by atoms with E-state index in [9.17, 15) is 9.90 Å². The lowest BCUT2D eigenvalue weighted by atomic mass is 9.87. The Hall–Kier alpha value is -1.26. The molecule has 21 heavy (non-hydrogen) atoms. The van der Waals surface area contributed by atoms with Gasteiger partial charge in [0.25, 0.3) is 5.91 Å². The molecular formula is C16H22ClNO3. The van der Waals surface area contributed by atoms with Crippen LogP contribution in [0.5, 0.6) is 5.75 Å². The van der Waals surface area contributed by atoms with Crippen molar-refractivity contribution in [3.8, 4) is 5.75 Å². The number of hydrogen-bond donors (Lipinski definition) is 2. The van der Waals surface area contributed by atoms with Gasteiger partial charge >= 0.3 is 0 Å². The number of ether oxygens (including phenoxy) is 1. The zero-order valence-electron chi connectivity index (χ0n) is 12.3. The minimum absolute atomic E-state index is 0.0252. The molecule has 1 fully saturated rings. The van der Waals surface area contributed by atoms with Crippen molar-refractivity contribution >= 4 is 17.5 Å². The van der Waals surface area contributed by atoms with Crippen molar-refractivity contribution in [3.63, 3.8) is 0 Å². The number of nitrogens with one attached hydrogen (secondary N) is 1. The summed E-state index contributed by atoms with van der Waals surface area (Å²) in [5.74, 6) is 0.465. The van der Waals surface area contributed by atoms with Crippen LogP contribution in [0.2, 0.25) is 5.02 Å². The molecule has 0 spiro atoms. The molecule has 1 saturated carbocycles. The van der Waals surface area contributed by atoms with E-state index in [1.54, 1.807) is 12.1 Å². The van der Waals surface area contributed by atoms with Gasteiger partial charge in [0.1, 0.15) is 5.75 Å². The van der Waals surface area contributed by atoms with Crippen molar-refractivity contribution in [2.24, 2.45) is 5.41 Å². The number of aliphatic hydroxyl groups excluding tert-OH is 1. The first-order valence-electron chi connectivity index (χ1n) is 7.31. The molecule has 1 aromatic rings. The van der Waals surface area contributed by atoms with Crippen LogP contribution >= 0.6 is 11.6 Å². The Morgan fingerprint density at radius 1 is 1.43 bits per heavy atom. The highest BCUT2D eigenvalue weighted by molar-refractivity contribution is 6.31. The van der Waals surface area contributed by atoms with E-state index in [0.717, 1.165) is 31.2 Å². The molecule has 0 saturated heterocycles. The lowest BCUT2D eigenvalue weighted by Gasteiger charge is -2.26. The van der Waals surface area contributed by atoms with Gasteiger partial charge in [-0.05, 0) is 43.5 Å². The first kappa shape index (κ1) is 16.1. The minimum Gasteiger partial charge on any atom is -0.484 e. The van der Waals surface area contributed by atoms with Crippen LogP contribution in [0.15, 0.2) is 18.2 Å². The standard InChI is InChI=1S/C16H22ClNO3/c1-12-8-13(4-5-14(12)17)21-9-15(20)18-10-16(11-19)6-2-3-7-16/h4-5,8,19H,2-3,6-7,9-11H2,1H3,(H,18,20). The quantitative estimate of drug-likeness (QED) is 0.849. The third kappa shape index (κ3) is 4.35. The van der Waals surface area contributed by atoms with Crippen molar-refractivity contribution in [2.45, 2.75) is 32.6 Å². The van der Waals surface area contributed by atoms with Crippen LogP contribution in [0.3, 0.4) is 0 Å². The molecule has 2 rings (SSSR count). The summed E-state index contributed by atoms with van der Waals surface area (Å²) in [6.45, 7) is 2.51. The largest absolute Gasteiger partial charge is 0.484 e. The maximum absolute atomic E-state index is 11.8. The normalized spacial score (nSPS) is 16.7. The average molecular weight is 312 g/mol. The molecule has 1 aliphatic rings. The fourth-order valence-electron chi connectivity index (χ4n) is 2.71. The van der Waals surface area contributed by atoms with Crippen molar-refractivity contribution in [1.29, 1.82) is 0 Å². The van der Waals surface area contributed by atoms with E-state index in [0.29, 0.717) is 17.3 Å². The van der Waals surface area contributed by atoms with E-state index in [1.165, 1.54) is 0 Å². The van der Waals surface area contributed by atoms with Crippen LogP contribution in [0, 0.1) is 12.3 Å². The zero-order chi connectivity index (χ0) is 15.3. The first-order valence-corrected chi connectivity index (χ1v) is 7.69. The van der Waals surface area contributed by atoms with Gasteiger partial charge in [-0.15, -0.1) is 0 Å². The molecule has 0 atom stereocenters. The number of aliphatic hydroxyl groups is 1. The smallest absolute Gasteiger partial charge is 0.257 e. The van der Waals surface area contributed by atoms with E-state index < -0.39 is 0 Å². The lowest BCUT2D eigenvalue weighted by molar-refractivity contribution is -0.123. The van der Waals surface area contributed by atoms with Crippen molar-refractivity contribution in [3.05, 3.63) is 28.8 Å². The Morgan fingerprint density at radius 2 is 2.14 bits per heavy atom. The highest BCUT2D eigenvalue weighted by Gasteiger charge is 2.33. The van der Waals surface area contributed by atoms with Crippen LogP contribution in [-0.4, -0.2) is 30.8 Å². The van der Waals surface area contributed by atoms with Gasteiger partial charge in [0.05, 0.1) is 6.61 Å². The molecule has 1 aromatic carbocycles. The zero-order valence-corrected chi connectivity index (χ0v) is 13.1. The van der Waals surface area contributed by atoms with Gasteiger partial charge in [-0.1, -0.05) is 24.4 Å². The predicted octanol–water partition coefficient (Wildman–Crippen LogP) is 2.70. The van der Waals surface area contributed by atoms with Gasteiger partial charge in [0.15, 0.2) is 6.61 Å². The van der Waals surface area contributed by atoms with E-state index in [4.69, 9.17) is 16.3 Å². The Labute approximate surface area is 130 Å². The molecule has 0 unspecified atom stereocenters. The number of benzene rings is 1. The maximum atomic E-state index is 11.8. The summed E-state index contributed by atoms with van der Waals surface area (Å²) in [5.41, 5.74) is 0.784. The maximum Gasteiger partial charge on any atom is 0.257 e. The molecule has 0 heterocycles. The van der Waals surface area contributed by atoms with Crippen LogP contribution in [0.1, 0.15) is 31.2 Å². The SMILES string of the molecule is Cc1cc(OCC(=O)NCC2(CO)CCCC2)ccc1Cl.